The van der Waals surface area contributed by atoms with Crippen LogP contribution in [0.25, 0.3) is 11.3 Å². The molecule has 0 saturated carbocycles. The largest absolute Gasteiger partial charge is 0.497 e. The van der Waals surface area contributed by atoms with Crippen LogP contribution in [0.3, 0.4) is 0 Å². The maximum absolute atomic E-state index is 5.27. The molecule has 4 rings (SSSR count). The van der Waals surface area contributed by atoms with Gasteiger partial charge in [-0.25, -0.2) is 4.98 Å². The maximum Gasteiger partial charge on any atom is 0.155 e. The van der Waals surface area contributed by atoms with E-state index in [0.717, 1.165) is 55.4 Å². The number of methoxy groups -OCH3 is 1. The summed E-state index contributed by atoms with van der Waals surface area (Å²) in [5, 5.41) is 7.05. The van der Waals surface area contributed by atoms with E-state index in [1.165, 1.54) is 5.56 Å². The summed E-state index contributed by atoms with van der Waals surface area (Å²) < 4.78 is 5.27. The highest BCUT2D eigenvalue weighted by Gasteiger charge is 2.26. The fourth-order valence-corrected chi connectivity index (χ4v) is 3.91. The number of aromatic nitrogens is 4. The van der Waals surface area contributed by atoms with Crippen LogP contribution in [0.1, 0.15) is 24.9 Å². The van der Waals surface area contributed by atoms with Crippen LogP contribution >= 0.6 is 12.4 Å². The Balaban J connectivity index is 0.00000240. The lowest BCUT2D eigenvalue weighted by atomic mass is 10.1. The second-order valence-electron chi connectivity index (χ2n) is 6.94. The number of ether oxygens (including phenoxy) is 1. The van der Waals surface area contributed by atoms with Crippen molar-refractivity contribution in [2.45, 2.75) is 19.4 Å². The Kier molecular flexibility index (Phi) is 7.06. The van der Waals surface area contributed by atoms with Gasteiger partial charge in [0.05, 0.1) is 13.3 Å². The maximum atomic E-state index is 5.27. The first-order valence-corrected chi connectivity index (χ1v) is 9.73. The van der Waals surface area contributed by atoms with Crippen LogP contribution in [0.2, 0.25) is 0 Å². The van der Waals surface area contributed by atoms with Crippen molar-refractivity contribution >= 4 is 18.2 Å². The number of nitrogens with one attached hydrogen (secondary N) is 1. The number of nitrogens with zero attached hydrogens (tertiary/aromatic N) is 5. The van der Waals surface area contributed by atoms with Crippen molar-refractivity contribution in [2.75, 3.05) is 38.2 Å². The van der Waals surface area contributed by atoms with E-state index in [1.54, 1.807) is 19.5 Å². The fraction of sp³-hybridized carbons (Fsp3) is 0.381. The van der Waals surface area contributed by atoms with Crippen molar-refractivity contribution in [1.29, 1.82) is 0 Å². The molecule has 0 aliphatic carbocycles. The molecule has 0 radical (unpaired) electrons. The lowest BCUT2D eigenvalue weighted by Crippen LogP contribution is -2.48. The third-order valence-corrected chi connectivity index (χ3v) is 5.39. The third kappa shape index (κ3) is 4.52. The van der Waals surface area contributed by atoms with Gasteiger partial charge in [0.15, 0.2) is 5.82 Å². The number of hydrogen-bond donors (Lipinski definition) is 1. The number of hydrogen-bond acceptors (Lipinski definition) is 6. The molecule has 1 unspecified atom stereocenters. The number of H-pyrrole nitrogens is 1. The van der Waals surface area contributed by atoms with E-state index in [4.69, 9.17) is 4.74 Å². The van der Waals surface area contributed by atoms with E-state index in [2.05, 4.69) is 36.9 Å². The van der Waals surface area contributed by atoms with Crippen LogP contribution in [-0.4, -0.2) is 58.4 Å². The highest BCUT2D eigenvalue weighted by molar-refractivity contribution is 5.85. The van der Waals surface area contributed by atoms with Gasteiger partial charge in [-0.05, 0) is 30.7 Å². The summed E-state index contributed by atoms with van der Waals surface area (Å²) in [6.07, 6.45) is 8.54. The molecule has 0 amide bonds. The molecule has 0 spiro atoms. The molecule has 7 nitrogen and oxygen atoms in total. The predicted molar refractivity (Wildman–Crippen MR) is 117 cm³/mol. The number of anilines is 1. The average molecular weight is 415 g/mol. The predicted octanol–water partition coefficient (Wildman–Crippen LogP) is 3.57. The van der Waals surface area contributed by atoms with Crippen molar-refractivity contribution in [1.82, 2.24) is 25.1 Å². The molecule has 29 heavy (non-hydrogen) atoms. The minimum atomic E-state index is 0. The molecule has 154 valence electrons. The van der Waals surface area contributed by atoms with Crippen molar-refractivity contribution in [2.24, 2.45) is 0 Å². The normalized spacial score (nSPS) is 15.6. The summed E-state index contributed by atoms with van der Waals surface area (Å²) in [6.45, 7) is 6.06. The molecule has 1 saturated heterocycles. The topological polar surface area (TPSA) is 70.2 Å². The molecule has 1 N–H and O–H groups in total. The first-order chi connectivity index (χ1) is 13.8. The van der Waals surface area contributed by atoms with Gasteiger partial charge in [0.25, 0.3) is 0 Å². The molecule has 3 heterocycles. The summed E-state index contributed by atoms with van der Waals surface area (Å²) in [5.74, 6) is 1.79. The molecule has 1 aliphatic heterocycles. The van der Waals surface area contributed by atoms with Crippen molar-refractivity contribution < 1.29 is 4.74 Å². The molecule has 1 aromatic carbocycles. The highest BCUT2D eigenvalue weighted by atomic mass is 35.5. The van der Waals surface area contributed by atoms with Gasteiger partial charge in [0.1, 0.15) is 11.4 Å². The average Bonchev–Trinajstić information content (AvgIpc) is 3.29. The summed E-state index contributed by atoms with van der Waals surface area (Å²) in [6, 6.07) is 8.40. The van der Waals surface area contributed by atoms with Crippen molar-refractivity contribution in [3.8, 4) is 17.0 Å². The Bertz CT molecular complexity index is 878. The number of aromatic amines is 1. The van der Waals surface area contributed by atoms with E-state index in [1.807, 2.05) is 36.7 Å². The SMILES string of the molecule is CCC(c1cn[nH]c1)N1CCN(c2nccnc2-c2ccc(OC)cc2)CC1.Cl. The molecule has 2 aromatic heterocycles. The summed E-state index contributed by atoms with van der Waals surface area (Å²) in [4.78, 5) is 14.2. The van der Waals surface area contributed by atoms with Crippen LogP contribution < -0.4 is 9.64 Å². The number of rotatable bonds is 6. The first kappa shape index (κ1) is 21.1. The van der Waals surface area contributed by atoms with Gasteiger partial charge in [-0.15, -0.1) is 12.4 Å². The van der Waals surface area contributed by atoms with E-state index in [9.17, 15) is 0 Å². The second kappa shape index (κ2) is 9.71. The smallest absolute Gasteiger partial charge is 0.155 e. The van der Waals surface area contributed by atoms with Gasteiger partial charge in [0, 0.05) is 61.9 Å². The molecule has 1 atom stereocenters. The lowest BCUT2D eigenvalue weighted by molar-refractivity contribution is 0.181. The van der Waals surface area contributed by atoms with Crippen molar-refractivity contribution in [3.05, 3.63) is 54.6 Å². The minimum Gasteiger partial charge on any atom is -0.497 e. The number of halogens is 1. The van der Waals surface area contributed by atoms with E-state index in [-0.39, 0.29) is 12.4 Å². The van der Waals surface area contributed by atoms with Crippen molar-refractivity contribution in [3.63, 3.8) is 0 Å². The Hall–Kier alpha value is -2.64. The third-order valence-electron chi connectivity index (χ3n) is 5.39. The van der Waals surface area contributed by atoms with E-state index in [0.29, 0.717) is 6.04 Å². The first-order valence-electron chi connectivity index (χ1n) is 9.73. The molecular weight excluding hydrogens is 388 g/mol. The highest BCUT2D eigenvalue weighted by Crippen LogP contribution is 2.30. The minimum absolute atomic E-state index is 0. The second-order valence-corrected chi connectivity index (χ2v) is 6.94. The molecule has 8 heteroatoms. The Morgan fingerprint density at radius 1 is 1.07 bits per heavy atom. The summed E-state index contributed by atoms with van der Waals surface area (Å²) in [5.41, 5.74) is 3.23. The van der Waals surface area contributed by atoms with Gasteiger partial charge in [0.2, 0.25) is 0 Å². The molecule has 3 aromatic rings. The van der Waals surface area contributed by atoms with E-state index >= 15 is 0 Å². The van der Waals surface area contributed by atoms with Gasteiger partial charge in [-0.2, -0.15) is 5.10 Å². The Morgan fingerprint density at radius 2 is 1.79 bits per heavy atom. The number of piperazine rings is 1. The van der Waals surface area contributed by atoms with Gasteiger partial charge in [-0.1, -0.05) is 6.92 Å². The van der Waals surface area contributed by atoms with Gasteiger partial charge < -0.3 is 9.64 Å². The van der Waals surface area contributed by atoms with Crippen LogP contribution in [0.5, 0.6) is 5.75 Å². The fourth-order valence-electron chi connectivity index (χ4n) is 3.91. The zero-order valence-corrected chi connectivity index (χ0v) is 17.6. The molecular formula is C21H27ClN6O. The zero-order valence-electron chi connectivity index (χ0n) is 16.8. The van der Waals surface area contributed by atoms with E-state index < -0.39 is 0 Å². The zero-order chi connectivity index (χ0) is 19.3. The Labute approximate surface area is 177 Å². The Morgan fingerprint density at radius 3 is 2.41 bits per heavy atom. The standard InChI is InChI=1S/C21H26N6O.ClH/c1-3-19(17-14-24-25-15-17)26-10-12-27(13-11-26)21-20(22-8-9-23-21)16-4-6-18(28-2)7-5-16;/h4-9,14-15,19H,3,10-13H2,1-2H3,(H,24,25);1H. The van der Waals surface area contributed by atoms with Crippen LogP contribution in [0.4, 0.5) is 5.82 Å². The molecule has 1 aliphatic rings. The lowest BCUT2D eigenvalue weighted by Gasteiger charge is -2.39. The van der Waals surface area contributed by atoms with Crippen LogP contribution in [0.15, 0.2) is 49.1 Å². The van der Waals surface area contributed by atoms with Crippen LogP contribution in [0, 0.1) is 0 Å². The quantitative estimate of drug-likeness (QED) is 0.664. The number of benzene rings is 1. The summed E-state index contributed by atoms with van der Waals surface area (Å²) in [7, 11) is 1.68. The summed E-state index contributed by atoms with van der Waals surface area (Å²) >= 11 is 0. The van der Waals surface area contributed by atoms with Crippen LogP contribution in [-0.2, 0) is 0 Å². The molecule has 0 bridgehead atoms. The van der Waals surface area contributed by atoms with Gasteiger partial charge >= 0.3 is 0 Å². The molecule has 1 fully saturated rings. The van der Waals surface area contributed by atoms with Gasteiger partial charge in [-0.3, -0.25) is 15.0 Å². The monoisotopic (exact) mass is 414 g/mol.